The Morgan fingerprint density at radius 3 is 2.75 bits per heavy atom. The molecular weight excluding hydrogens is 354 g/mol. The van der Waals surface area contributed by atoms with Gasteiger partial charge in [0.05, 0.1) is 12.1 Å². The predicted octanol–water partition coefficient (Wildman–Crippen LogP) is 4.54. The van der Waals surface area contributed by atoms with Crippen LogP contribution >= 0.6 is 0 Å². The molecule has 1 unspecified atom stereocenters. The van der Waals surface area contributed by atoms with Crippen LogP contribution in [0.15, 0.2) is 48.5 Å². The first kappa shape index (κ1) is 18.3. The predicted molar refractivity (Wildman–Crippen MR) is 109 cm³/mol. The minimum atomic E-state index is -0.636. The summed E-state index contributed by atoms with van der Waals surface area (Å²) in [4.78, 5) is 12.5. The van der Waals surface area contributed by atoms with Gasteiger partial charge in [-0.1, -0.05) is 31.0 Å². The Morgan fingerprint density at radius 2 is 1.96 bits per heavy atom. The summed E-state index contributed by atoms with van der Waals surface area (Å²) in [6.07, 6.45) is 4.49. The molecule has 146 valence electrons. The number of benzene rings is 2. The fourth-order valence-corrected chi connectivity index (χ4v) is 3.55. The molecule has 1 aromatic heterocycles. The summed E-state index contributed by atoms with van der Waals surface area (Å²) in [7, 11) is 0. The lowest BCUT2D eigenvalue weighted by atomic mass is 10.1. The van der Waals surface area contributed by atoms with Crippen LogP contribution in [0.1, 0.15) is 32.6 Å². The third kappa shape index (κ3) is 4.27. The van der Waals surface area contributed by atoms with Crippen LogP contribution in [0.4, 0.5) is 5.82 Å². The van der Waals surface area contributed by atoms with E-state index in [1.807, 2.05) is 48.5 Å². The number of nitrogens with zero attached hydrogens (tertiary/aromatic N) is 1. The van der Waals surface area contributed by atoms with Crippen LogP contribution in [0.5, 0.6) is 11.5 Å². The minimum Gasteiger partial charge on any atom is -0.493 e. The number of amides is 1. The summed E-state index contributed by atoms with van der Waals surface area (Å²) in [5.74, 6) is 2.38. The van der Waals surface area contributed by atoms with Crippen molar-refractivity contribution in [1.29, 1.82) is 0 Å². The largest absolute Gasteiger partial charge is 0.493 e. The number of rotatable bonds is 7. The van der Waals surface area contributed by atoms with Crippen LogP contribution < -0.4 is 14.8 Å². The quantitative estimate of drug-likeness (QED) is 0.632. The molecule has 1 aliphatic rings. The Labute approximate surface area is 164 Å². The molecule has 1 amide bonds. The second-order valence-corrected chi connectivity index (χ2v) is 7.30. The summed E-state index contributed by atoms with van der Waals surface area (Å²) in [5.41, 5.74) is 0.829. The lowest BCUT2D eigenvalue weighted by Crippen LogP contribution is -2.30. The highest BCUT2D eigenvalue weighted by molar-refractivity contribution is 6.01. The van der Waals surface area contributed by atoms with Crippen molar-refractivity contribution < 1.29 is 14.3 Å². The molecule has 28 heavy (non-hydrogen) atoms. The molecule has 0 saturated heterocycles. The van der Waals surface area contributed by atoms with Crippen molar-refractivity contribution in [3.8, 4) is 11.5 Å². The maximum absolute atomic E-state index is 12.5. The Morgan fingerprint density at radius 1 is 1.18 bits per heavy atom. The van der Waals surface area contributed by atoms with E-state index in [4.69, 9.17) is 9.47 Å². The summed E-state index contributed by atoms with van der Waals surface area (Å²) in [5, 5.41) is 10.9. The SMILES string of the molecule is CC(Oc1ccccc1)C(=O)Nc1n[nH]c2cc(OCC3CCCC3)ccc12. The topological polar surface area (TPSA) is 76.2 Å². The maximum Gasteiger partial charge on any atom is 0.266 e. The van der Waals surface area contributed by atoms with Gasteiger partial charge in [0.15, 0.2) is 11.9 Å². The molecule has 0 radical (unpaired) electrons. The average Bonchev–Trinajstić information content (AvgIpc) is 3.37. The average molecular weight is 379 g/mol. The molecule has 4 rings (SSSR count). The van der Waals surface area contributed by atoms with E-state index in [0.717, 1.165) is 23.3 Å². The van der Waals surface area contributed by atoms with E-state index < -0.39 is 6.10 Å². The van der Waals surface area contributed by atoms with Gasteiger partial charge in [-0.3, -0.25) is 9.89 Å². The molecule has 1 atom stereocenters. The van der Waals surface area contributed by atoms with E-state index in [1.54, 1.807) is 6.92 Å². The molecule has 2 N–H and O–H groups in total. The van der Waals surface area contributed by atoms with Gasteiger partial charge < -0.3 is 14.8 Å². The standard InChI is InChI=1S/C22H25N3O3/c1-15(28-17-9-3-2-4-10-17)22(26)23-21-19-12-11-18(13-20(19)24-25-21)27-14-16-7-5-6-8-16/h2-4,9-13,15-16H,5-8,14H2,1H3,(H2,23,24,25,26). The second-order valence-electron chi connectivity index (χ2n) is 7.30. The van der Waals surface area contributed by atoms with E-state index in [-0.39, 0.29) is 5.91 Å². The van der Waals surface area contributed by atoms with Crippen LogP contribution in [0.3, 0.4) is 0 Å². The number of para-hydroxylation sites is 1. The maximum atomic E-state index is 12.5. The number of aromatic amines is 1. The fraction of sp³-hybridized carbons (Fsp3) is 0.364. The Hall–Kier alpha value is -3.02. The zero-order valence-electron chi connectivity index (χ0n) is 16.0. The minimum absolute atomic E-state index is 0.251. The summed E-state index contributed by atoms with van der Waals surface area (Å²) < 4.78 is 11.6. The zero-order chi connectivity index (χ0) is 19.3. The molecule has 1 saturated carbocycles. The van der Waals surface area contributed by atoms with Gasteiger partial charge in [-0.2, -0.15) is 5.10 Å². The van der Waals surface area contributed by atoms with E-state index >= 15 is 0 Å². The molecule has 0 bridgehead atoms. The number of H-pyrrole nitrogens is 1. The van der Waals surface area contributed by atoms with Gasteiger partial charge in [-0.05, 0) is 49.9 Å². The third-order valence-electron chi connectivity index (χ3n) is 5.16. The first-order chi connectivity index (χ1) is 13.7. The first-order valence-electron chi connectivity index (χ1n) is 9.82. The molecule has 1 heterocycles. The molecule has 1 aliphatic carbocycles. The van der Waals surface area contributed by atoms with Gasteiger partial charge >= 0.3 is 0 Å². The number of fused-ring (bicyclic) bond motifs is 1. The van der Waals surface area contributed by atoms with E-state index in [2.05, 4.69) is 15.5 Å². The number of hydrogen-bond acceptors (Lipinski definition) is 4. The van der Waals surface area contributed by atoms with Crippen molar-refractivity contribution in [3.63, 3.8) is 0 Å². The van der Waals surface area contributed by atoms with Crippen LogP contribution in [-0.2, 0) is 4.79 Å². The lowest BCUT2D eigenvalue weighted by Gasteiger charge is -2.14. The third-order valence-corrected chi connectivity index (χ3v) is 5.16. The van der Waals surface area contributed by atoms with Gasteiger partial charge in [0.1, 0.15) is 11.5 Å². The molecule has 3 aromatic rings. The van der Waals surface area contributed by atoms with E-state index in [9.17, 15) is 4.79 Å². The normalized spacial score (nSPS) is 15.5. The van der Waals surface area contributed by atoms with Crippen molar-refractivity contribution >= 4 is 22.6 Å². The molecule has 2 aromatic carbocycles. The number of carbonyl (C=O) groups is 1. The Balaban J connectivity index is 1.39. The van der Waals surface area contributed by atoms with Crippen molar-refractivity contribution in [1.82, 2.24) is 10.2 Å². The highest BCUT2D eigenvalue weighted by Gasteiger charge is 2.18. The Bertz CT molecular complexity index is 933. The first-order valence-corrected chi connectivity index (χ1v) is 9.82. The molecule has 6 nitrogen and oxygen atoms in total. The highest BCUT2D eigenvalue weighted by Crippen LogP contribution is 2.28. The van der Waals surface area contributed by atoms with Gasteiger partial charge in [-0.15, -0.1) is 0 Å². The molecule has 0 spiro atoms. The van der Waals surface area contributed by atoms with Crippen LogP contribution in [-0.4, -0.2) is 28.8 Å². The number of hydrogen-bond donors (Lipinski definition) is 2. The van der Waals surface area contributed by atoms with Gasteiger partial charge in [0, 0.05) is 11.5 Å². The molecule has 0 aliphatic heterocycles. The van der Waals surface area contributed by atoms with Crippen molar-refractivity contribution in [2.75, 3.05) is 11.9 Å². The van der Waals surface area contributed by atoms with Gasteiger partial charge in [0.2, 0.25) is 0 Å². The molecule has 1 fully saturated rings. The number of ether oxygens (including phenoxy) is 2. The second kappa shape index (κ2) is 8.33. The highest BCUT2D eigenvalue weighted by atomic mass is 16.5. The van der Waals surface area contributed by atoms with Crippen LogP contribution in [0, 0.1) is 5.92 Å². The van der Waals surface area contributed by atoms with Crippen molar-refractivity contribution in [2.45, 2.75) is 38.7 Å². The van der Waals surface area contributed by atoms with Crippen molar-refractivity contribution in [3.05, 3.63) is 48.5 Å². The summed E-state index contributed by atoms with van der Waals surface area (Å²) in [6.45, 7) is 2.48. The molecule has 6 heteroatoms. The van der Waals surface area contributed by atoms with Gasteiger partial charge in [0.25, 0.3) is 5.91 Å². The monoisotopic (exact) mass is 379 g/mol. The number of aromatic nitrogens is 2. The summed E-state index contributed by atoms with van der Waals surface area (Å²) in [6, 6.07) is 15.0. The lowest BCUT2D eigenvalue weighted by molar-refractivity contribution is -0.122. The number of anilines is 1. The number of nitrogens with one attached hydrogen (secondary N) is 2. The van der Waals surface area contributed by atoms with Gasteiger partial charge in [-0.25, -0.2) is 0 Å². The fourth-order valence-electron chi connectivity index (χ4n) is 3.55. The number of carbonyl (C=O) groups excluding carboxylic acids is 1. The smallest absolute Gasteiger partial charge is 0.266 e. The van der Waals surface area contributed by atoms with Crippen molar-refractivity contribution in [2.24, 2.45) is 5.92 Å². The summed E-state index contributed by atoms with van der Waals surface area (Å²) >= 11 is 0. The Kier molecular flexibility index (Phi) is 5.46. The zero-order valence-corrected chi connectivity index (χ0v) is 16.0. The van der Waals surface area contributed by atoms with E-state index in [0.29, 0.717) is 17.5 Å². The van der Waals surface area contributed by atoms with Crippen LogP contribution in [0.25, 0.3) is 10.9 Å². The van der Waals surface area contributed by atoms with E-state index in [1.165, 1.54) is 25.7 Å². The molecular formula is C22H25N3O3. The van der Waals surface area contributed by atoms with Crippen LogP contribution in [0.2, 0.25) is 0 Å².